The molecule has 1 aliphatic rings. The average molecular weight is 379 g/mol. The third-order valence-corrected chi connectivity index (χ3v) is 5.10. The third-order valence-electron chi connectivity index (χ3n) is 5.10. The molecule has 1 aromatic heterocycles. The molecule has 0 radical (unpaired) electrons. The van der Waals surface area contributed by atoms with Gasteiger partial charge in [-0.2, -0.15) is 0 Å². The van der Waals surface area contributed by atoms with Crippen molar-refractivity contribution in [2.75, 3.05) is 34.0 Å². The molecule has 0 spiro atoms. The van der Waals surface area contributed by atoms with Gasteiger partial charge in [0.2, 0.25) is 0 Å². The van der Waals surface area contributed by atoms with E-state index in [0.29, 0.717) is 6.61 Å². The average Bonchev–Trinajstić information content (AvgIpc) is 3.25. The van der Waals surface area contributed by atoms with Crippen molar-refractivity contribution in [1.82, 2.24) is 14.9 Å². The molecule has 1 N–H and O–H groups in total. The van der Waals surface area contributed by atoms with Crippen LogP contribution in [0.3, 0.4) is 0 Å². The summed E-state index contributed by atoms with van der Waals surface area (Å²) in [6.07, 6.45) is 1.89. The van der Waals surface area contributed by atoms with Crippen molar-refractivity contribution in [2.45, 2.75) is 12.6 Å². The van der Waals surface area contributed by atoms with Crippen LogP contribution in [-0.2, 0) is 11.3 Å². The standard InChI is InChI=1S/C22H25N3O3/c1-26-18-7-3-16(4-8-18)14-25-11-12-28-15-21(25)22-23-13-20(24-22)17-5-9-19(27-2)10-6-17/h3-10,13,21H,11-12,14-15H2,1-2H3,(H,23,24). The first-order valence-corrected chi connectivity index (χ1v) is 9.41. The van der Waals surface area contributed by atoms with Crippen molar-refractivity contribution in [1.29, 1.82) is 0 Å². The number of imidazole rings is 1. The van der Waals surface area contributed by atoms with Gasteiger partial charge in [-0.05, 0) is 47.5 Å². The molecule has 1 fully saturated rings. The number of hydrogen-bond donors (Lipinski definition) is 1. The molecule has 1 unspecified atom stereocenters. The number of benzene rings is 2. The lowest BCUT2D eigenvalue weighted by Crippen LogP contribution is -2.39. The van der Waals surface area contributed by atoms with E-state index < -0.39 is 0 Å². The Morgan fingerprint density at radius 3 is 2.39 bits per heavy atom. The quantitative estimate of drug-likeness (QED) is 0.708. The Bertz CT molecular complexity index is 890. The number of H-pyrrole nitrogens is 1. The number of nitrogens with one attached hydrogen (secondary N) is 1. The highest BCUT2D eigenvalue weighted by molar-refractivity contribution is 5.59. The van der Waals surface area contributed by atoms with Crippen LogP contribution in [0.2, 0.25) is 0 Å². The Morgan fingerprint density at radius 1 is 1.04 bits per heavy atom. The minimum atomic E-state index is 0.0999. The van der Waals surface area contributed by atoms with E-state index in [1.165, 1.54) is 5.56 Å². The summed E-state index contributed by atoms with van der Waals surface area (Å²) in [6.45, 7) is 3.08. The number of morpholine rings is 1. The lowest BCUT2D eigenvalue weighted by molar-refractivity contribution is -0.0156. The molecule has 0 bridgehead atoms. The smallest absolute Gasteiger partial charge is 0.126 e. The molecule has 0 amide bonds. The monoisotopic (exact) mass is 379 g/mol. The maximum atomic E-state index is 5.75. The first-order valence-electron chi connectivity index (χ1n) is 9.41. The fraction of sp³-hybridized carbons (Fsp3) is 0.318. The fourth-order valence-corrected chi connectivity index (χ4v) is 3.47. The first-order chi connectivity index (χ1) is 13.8. The predicted molar refractivity (Wildman–Crippen MR) is 108 cm³/mol. The maximum Gasteiger partial charge on any atom is 0.126 e. The van der Waals surface area contributed by atoms with Gasteiger partial charge in [0.1, 0.15) is 17.3 Å². The second-order valence-corrected chi connectivity index (χ2v) is 6.82. The van der Waals surface area contributed by atoms with Crippen LogP contribution in [0.1, 0.15) is 17.4 Å². The SMILES string of the molecule is COc1ccc(CN2CCOCC2c2ncc(-c3ccc(OC)cc3)[nH]2)cc1. The molecule has 2 heterocycles. The third kappa shape index (κ3) is 4.03. The fourth-order valence-electron chi connectivity index (χ4n) is 3.47. The summed E-state index contributed by atoms with van der Waals surface area (Å²) in [4.78, 5) is 10.5. The van der Waals surface area contributed by atoms with Gasteiger partial charge in [0, 0.05) is 13.1 Å². The van der Waals surface area contributed by atoms with Crippen molar-refractivity contribution in [3.8, 4) is 22.8 Å². The maximum absolute atomic E-state index is 5.75. The summed E-state index contributed by atoms with van der Waals surface area (Å²) in [6, 6.07) is 16.3. The second-order valence-electron chi connectivity index (χ2n) is 6.82. The highest BCUT2D eigenvalue weighted by atomic mass is 16.5. The number of nitrogens with zero attached hydrogens (tertiary/aromatic N) is 2. The van der Waals surface area contributed by atoms with Gasteiger partial charge >= 0.3 is 0 Å². The Kier molecular flexibility index (Phi) is 5.60. The number of methoxy groups -OCH3 is 2. The molecule has 6 nitrogen and oxygen atoms in total. The Balaban J connectivity index is 1.51. The zero-order valence-corrected chi connectivity index (χ0v) is 16.2. The molecule has 1 atom stereocenters. The van der Waals surface area contributed by atoms with Gasteiger partial charge in [-0.25, -0.2) is 4.98 Å². The Morgan fingerprint density at radius 2 is 1.71 bits per heavy atom. The minimum absolute atomic E-state index is 0.0999. The normalized spacial score (nSPS) is 17.4. The van der Waals surface area contributed by atoms with E-state index in [1.54, 1.807) is 14.2 Å². The van der Waals surface area contributed by atoms with Crippen LogP contribution in [0.25, 0.3) is 11.3 Å². The minimum Gasteiger partial charge on any atom is -0.497 e. The summed E-state index contributed by atoms with van der Waals surface area (Å²) in [7, 11) is 3.36. The molecule has 1 saturated heterocycles. The van der Waals surface area contributed by atoms with E-state index in [-0.39, 0.29) is 6.04 Å². The van der Waals surface area contributed by atoms with Crippen molar-refractivity contribution in [3.63, 3.8) is 0 Å². The van der Waals surface area contributed by atoms with E-state index in [1.807, 2.05) is 42.6 Å². The largest absolute Gasteiger partial charge is 0.497 e. The molecule has 0 saturated carbocycles. The molecule has 4 rings (SSSR count). The van der Waals surface area contributed by atoms with Gasteiger partial charge in [-0.1, -0.05) is 12.1 Å². The zero-order valence-electron chi connectivity index (χ0n) is 16.2. The summed E-state index contributed by atoms with van der Waals surface area (Å²) in [5.41, 5.74) is 3.32. The van der Waals surface area contributed by atoms with Crippen LogP contribution in [0, 0.1) is 0 Å². The summed E-state index contributed by atoms with van der Waals surface area (Å²) in [5, 5.41) is 0. The molecular formula is C22H25N3O3. The molecule has 0 aliphatic carbocycles. The van der Waals surface area contributed by atoms with Crippen molar-refractivity contribution in [3.05, 3.63) is 66.1 Å². The zero-order chi connectivity index (χ0) is 19.3. The van der Waals surface area contributed by atoms with Crippen molar-refractivity contribution in [2.24, 2.45) is 0 Å². The van der Waals surface area contributed by atoms with Gasteiger partial charge in [0.25, 0.3) is 0 Å². The highest BCUT2D eigenvalue weighted by Gasteiger charge is 2.27. The summed E-state index contributed by atoms with van der Waals surface area (Å²) >= 11 is 0. The lowest BCUT2D eigenvalue weighted by atomic mass is 10.1. The van der Waals surface area contributed by atoms with Crippen LogP contribution < -0.4 is 9.47 Å². The number of ether oxygens (including phenoxy) is 3. The number of hydrogen-bond acceptors (Lipinski definition) is 5. The number of aromatic nitrogens is 2. The van der Waals surface area contributed by atoms with Crippen LogP contribution in [-0.4, -0.2) is 48.8 Å². The van der Waals surface area contributed by atoms with Crippen molar-refractivity contribution < 1.29 is 14.2 Å². The Hall–Kier alpha value is -2.83. The van der Waals surface area contributed by atoms with Gasteiger partial charge < -0.3 is 19.2 Å². The summed E-state index contributed by atoms with van der Waals surface area (Å²) in [5.74, 6) is 2.64. The molecule has 6 heteroatoms. The van der Waals surface area contributed by atoms with Gasteiger partial charge in [-0.3, -0.25) is 4.90 Å². The summed E-state index contributed by atoms with van der Waals surface area (Å²) < 4.78 is 16.2. The molecule has 2 aromatic carbocycles. The number of rotatable bonds is 6. The Labute approximate surface area is 165 Å². The first kappa shape index (κ1) is 18.5. The topological polar surface area (TPSA) is 59.6 Å². The van der Waals surface area contributed by atoms with E-state index >= 15 is 0 Å². The number of aromatic amines is 1. The van der Waals surface area contributed by atoms with Gasteiger partial charge in [0.15, 0.2) is 0 Å². The van der Waals surface area contributed by atoms with Gasteiger partial charge in [-0.15, -0.1) is 0 Å². The van der Waals surface area contributed by atoms with E-state index in [2.05, 4.69) is 27.0 Å². The molecule has 146 valence electrons. The van der Waals surface area contributed by atoms with Crippen molar-refractivity contribution >= 4 is 0 Å². The second kappa shape index (κ2) is 8.46. The molecular weight excluding hydrogens is 354 g/mol. The van der Waals surface area contributed by atoms with Crippen LogP contribution in [0.15, 0.2) is 54.7 Å². The molecule has 28 heavy (non-hydrogen) atoms. The van der Waals surface area contributed by atoms with E-state index in [9.17, 15) is 0 Å². The van der Waals surface area contributed by atoms with E-state index in [4.69, 9.17) is 14.2 Å². The molecule has 1 aliphatic heterocycles. The molecule has 3 aromatic rings. The van der Waals surface area contributed by atoms with Gasteiger partial charge in [0.05, 0.1) is 45.4 Å². The van der Waals surface area contributed by atoms with E-state index in [0.717, 1.165) is 48.3 Å². The highest BCUT2D eigenvalue weighted by Crippen LogP contribution is 2.27. The van der Waals surface area contributed by atoms with Crippen LogP contribution in [0.4, 0.5) is 0 Å². The van der Waals surface area contributed by atoms with Crippen LogP contribution in [0.5, 0.6) is 11.5 Å². The lowest BCUT2D eigenvalue weighted by Gasteiger charge is -2.34. The predicted octanol–water partition coefficient (Wildman–Crippen LogP) is 3.67. The van der Waals surface area contributed by atoms with Crippen LogP contribution >= 0.6 is 0 Å².